The second kappa shape index (κ2) is 9.71. The fourth-order valence-corrected chi connectivity index (χ4v) is 2.47. The zero-order valence-electron chi connectivity index (χ0n) is 14.5. The minimum absolute atomic E-state index is 0.119. The number of carbonyl (C=O) groups excluding carboxylic acids is 1. The Labute approximate surface area is 143 Å². The smallest absolute Gasteiger partial charge is 0.305 e. The lowest BCUT2D eigenvalue weighted by Crippen LogP contribution is -2.04. The number of ether oxygens (including phenoxy) is 2. The van der Waals surface area contributed by atoms with E-state index in [9.17, 15) is 4.79 Å². The van der Waals surface area contributed by atoms with Crippen molar-refractivity contribution in [3.8, 4) is 17.0 Å². The van der Waals surface area contributed by atoms with E-state index in [1.807, 2.05) is 38.1 Å². The summed E-state index contributed by atoms with van der Waals surface area (Å²) in [6, 6.07) is 14.2. The van der Waals surface area contributed by atoms with Gasteiger partial charge in [0.05, 0.1) is 13.2 Å². The maximum absolute atomic E-state index is 11.2. The van der Waals surface area contributed by atoms with Crippen LogP contribution in [0.4, 0.5) is 0 Å². The van der Waals surface area contributed by atoms with Gasteiger partial charge in [0.25, 0.3) is 0 Å². The molecule has 0 N–H and O–H groups in total. The van der Waals surface area contributed by atoms with Crippen LogP contribution in [0.25, 0.3) is 11.1 Å². The highest BCUT2D eigenvalue weighted by molar-refractivity contribution is 5.69. The lowest BCUT2D eigenvalue weighted by atomic mass is 10.1. The molecule has 24 heavy (non-hydrogen) atoms. The van der Waals surface area contributed by atoms with E-state index >= 15 is 0 Å². The number of pyridine rings is 1. The summed E-state index contributed by atoms with van der Waals surface area (Å²) >= 11 is 0. The number of aromatic nitrogens is 1. The summed E-state index contributed by atoms with van der Waals surface area (Å²) in [7, 11) is 0. The van der Waals surface area contributed by atoms with E-state index in [4.69, 9.17) is 9.47 Å². The molecule has 0 aliphatic heterocycles. The van der Waals surface area contributed by atoms with Crippen LogP contribution >= 0.6 is 0 Å². The van der Waals surface area contributed by atoms with Crippen molar-refractivity contribution < 1.29 is 14.3 Å². The van der Waals surface area contributed by atoms with Gasteiger partial charge in [-0.25, -0.2) is 4.98 Å². The van der Waals surface area contributed by atoms with Crippen molar-refractivity contribution >= 4 is 5.97 Å². The molecule has 0 unspecified atom stereocenters. The third kappa shape index (κ3) is 6.03. The Hall–Kier alpha value is -2.36. The molecule has 2 rings (SSSR count). The predicted octanol–water partition coefficient (Wildman–Crippen LogP) is 4.56. The van der Waals surface area contributed by atoms with Crippen LogP contribution in [0.1, 0.15) is 38.3 Å². The molecular weight excluding hydrogens is 302 g/mol. The standard InChI is InChI=1S/C20H25NO3/c1-3-23-20(22)12-8-5-9-13-24-19-15-18(14-16(2)21-19)17-10-6-4-7-11-17/h4,6-7,10-11,14-15H,3,5,8-9,12-13H2,1-2H3. The molecule has 2 aromatic rings. The van der Waals surface area contributed by atoms with Crippen LogP contribution < -0.4 is 4.74 Å². The number of nitrogens with zero attached hydrogens (tertiary/aromatic N) is 1. The Morgan fingerprint density at radius 2 is 1.83 bits per heavy atom. The molecule has 0 amide bonds. The molecule has 0 spiro atoms. The Balaban J connectivity index is 1.79. The van der Waals surface area contributed by atoms with Gasteiger partial charge in [-0.1, -0.05) is 30.3 Å². The van der Waals surface area contributed by atoms with E-state index in [1.165, 1.54) is 0 Å². The van der Waals surface area contributed by atoms with E-state index < -0.39 is 0 Å². The van der Waals surface area contributed by atoms with E-state index in [1.54, 1.807) is 0 Å². The SMILES string of the molecule is CCOC(=O)CCCCCOc1cc(-c2ccccc2)cc(C)n1. The Kier molecular flexibility index (Phi) is 7.27. The fraction of sp³-hybridized carbons (Fsp3) is 0.400. The summed E-state index contributed by atoms with van der Waals surface area (Å²) in [6.45, 7) is 4.85. The van der Waals surface area contributed by atoms with Crippen molar-refractivity contribution in [3.05, 3.63) is 48.2 Å². The molecule has 0 bridgehead atoms. The molecule has 4 heteroatoms. The lowest BCUT2D eigenvalue weighted by molar-refractivity contribution is -0.143. The summed E-state index contributed by atoms with van der Waals surface area (Å²) in [6.07, 6.45) is 3.15. The molecule has 0 atom stereocenters. The van der Waals surface area contributed by atoms with Crippen molar-refractivity contribution in [2.45, 2.75) is 39.5 Å². The molecule has 1 aromatic heterocycles. The van der Waals surface area contributed by atoms with Gasteiger partial charge in [0.2, 0.25) is 5.88 Å². The predicted molar refractivity (Wildman–Crippen MR) is 95.0 cm³/mol. The third-order valence-corrected chi connectivity index (χ3v) is 3.62. The lowest BCUT2D eigenvalue weighted by Gasteiger charge is -2.09. The van der Waals surface area contributed by atoms with E-state index in [2.05, 4.69) is 23.2 Å². The molecule has 0 radical (unpaired) electrons. The number of aryl methyl sites for hydroxylation is 1. The average molecular weight is 327 g/mol. The highest BCUT2D eigenvalue weighted by atomic mass is 16.5. The monoisotopic (exact) mass is 327 g/mol. The van der Waals surface area contributed by atoms with Gasteiger partial charge < -0.3 is 9.47 Å². The molecule has 0 fully saturated rings. The maximum atomic E-state index is 11.2. The second-order valence-corrected chi connectivity index (χ2v) is 5.67. The quantitative estimate of drug-likeness (QED) is 0.500. The highest BCUT2D eigenvalue weighted by Gasteiger charge is 2.04. The number of hydrogen-bond acceptors (Lipinski definition) is 4. The summed E-state index contributed by atoms with van der Waals surface area (Å²) in [5.41, 5.74) is 3.20. The summed E-state index contributed by atoms with van der Waals surface area (Å²) in [5.74, 6) is 0.533. The number of benzene rings is 1. The van der Waals surface area contributed by atoms with Crippen molar-refractivity contribution in [1.29, 1.82) is 0 Å². The van der Waals surface area contributed by atoms with Gasteiger partial charge in [0, 0.05) is 18.2 Å². The third-order valence-electron chi connectivity index (χ3n) is 3.62. The topological polar surface area (TPSA) is 48.4 Å². The highest BCUT2D eigenvalue weighted by Crippen LogP contribution is 2.23. The zero-order chi connectivity index (χ0) is 17.2. The Bertz CT molecular complexity index is 641. The van der Waals surface area contributed by atoms with Gasteiger partial charge in [0.15, 0.2) is 0 Å². The summed E-state index contributed by atoms with van der Waals surface area (Å²) in [4.78, 5) is 15.7. The van der Waals surface area contributed by atoms with Crippen molar-refractivity contribution in [2.75, 3.05) is 13.2 Å². The van der Waals surface area contributed by atoms with E-state index in [0.717, 1.165) is 36.1 Å². The first-order valence-corrected chi connectivity index (χ1v) is 8.51. The van der Waals surface area contributed by atoms with Crippen molar-refractivity contribution in [1.82, 2.24) is 4.98 Å². The largest absolute Gasteiger partial charge is 0.478 e. The molecule has 1 aromatic carbocycles. The molecule has 4 nitrogen and oxygen atoms in total. The molecule has 1 heterocycles. The van der Waals surface area contributed by atoms with Gasteiger partial charge in [-0.3, -0.25) is 4.79 Å². The molecule has 0 aliphatic carbocycles. The van der Waals surface area contributed by atoms with E-state index in [-0.39, 0.29) is 5.97 Å². The van der Waals surface area contributed by atoms with Gasteiger partial charge >= 0.3 is 5.97 Å². The molecule has 0 saturated carbocycles. The van der Waals surface area contributed by atoms with Crippen molar-refractivity contribution in [3.63, 3.8) is 0 Å². The zero-order valence-corrected chi connectivity index (χ0v) is 14.5. The summed E-state index contributed by atoms with van der Waals surface area (Å²) < 4.78 is 10.7. The molecule has 0 aliphatic rings. The van der Waals surface area contributed by atoms with E-state index in [0.29, 0.717) is 25.5 Å². The number of rotatable bonds is 9. The summed E-state index contributed by atoms with van der Waals surface area (Å²) in [5, 5.41) is 0. The van der Waals surface area contributed by atoms with Crippen LogP contribution in [0.5, 0.6) is 5.88 Å². The first-order valence-electron chi connectivity index (χ1n) is 8.51. The van der Waals surface area contributed by atoms with Crippen LogP contribution in [-0.4, -0.2) is 24.2 Å². The Morgan fingerprint density at radius 3 is 2.58 bits per heavy atom. The average Bonchev–Trinajstić information content (AvgIpc) is 2.58. The minimum Gasteiger partial charge on any atom is -0.478 e. The van der Waals surface area contributed by atoms with Crippen LogP contribution in [0, 0.1) is 6.92 Å². The van der Waals surface area contributed by atoms with Gasteiger partial charge in [-0.2, -0.15) is 0 Å². The molecule has 128 valence electrons. The molecular formula is C20H25NO3. The second-order valence-electron chi connectivity index (χ2n) is 5.67. The number of esters is 1. The first-order chi connectivity index (χ1) is 11.7. The van der Waals surface area contributed by atoms with Crippen LogP contribution in [0.3, 0.4) is 0 Å². The van der Waals surface area contributed by atoms with Gasteiger partial charge in [0.1, 0.15) is 0 Å². The van der Waals surface area contributed by atoms with Crippen LogP contribution in [0.15, 0.2) is 42.5 Å². The number of carbonyl (C=O) groups is 1. The van der Waals surface area contributed by atoms with Crippen LogP contribution in [0.2, 0.25) is 0 Å². The fourth-order valence-electron chi connectivity index (χ4n) is 2.47. The first kappa shape index (κ1) is 18.0. The van der Waals surface area contributed by atoms with Gasteiger partial charge in [-0.15, -0.1) is 0 Å². The maximum Gasteiger partial charge on any atom is 0.305 e. The van der Waals surface area contributed by atoms with Gasteiger partial charge in [-0.05, 0) is 50.3 Å². The van der Waals surface area contributed by atoms with Crippen LogP contribution in [-0.2, 0) is 9.53 Å². The van der Waals surface area contributed by atoms with Crippen molar-refractivity contribution in [2.24, 2.45) is 0 Å². The molecule has 0 saturated heterocycles. The normalized spacial score (nSPS) is 10.4. The number of hydrogen-bond donors (Lipinski definition) is 0. The minimum atomic E-state index is -0.119. The number of unbranched alkanes of at least 4 members (excludes halogenated alkanes) is 2. The Morgan fingerprint density at radius 1 is 1.04 bits per heavy atom.